The number of pyridine rings is 1. The van der Waals surface area contributed by atoms with Crippen molar-refractivity contribution in [1.82, 2.24) is 10.3 Å². The number of aromatic nitrogens is 1. The predicted molar refractivity (Wildman–Crippen MR) is 125 cm³/mol. The van der Waals surface area contributed by atoms with Crippen molar-refractivity contribution in [2.24, 2.45) is 10.8 Å². The van der Waals surface area contributed by atoms with Gasteiger partial charge in [0, 0.05) is 37.4 Å². The molecule has 4 heteroatoms. The summed E-state index contributed by atoms with van der Waals surface area (Å²) in [5, 5.41) is 12.6. The van der Waals surface area contributed by atoms with Gasteiger partial charge in [0.25, 0.3) is 0 Å². The molecule has 1 aliphatic heterocycles. The number of nitrogens with one attached hydrogen (secondary N) is 1. The SMILES string of the molecule is CC1(C)CCC(C)(C)C2=C1C=CC(c1cccc(N3CCC(NCCCO)C3)n1)C2. The van der Waals surface area contributed by atoms with Crippen LogP contribution in [0, 0.1) is 10.8 Å². The van der Waals surface area contributed by atoms with E-state index in [1.807, 2.05) is 0 Å². The van der Waals surface area contributed by atoms with Gasteiger partial charge in [0.05, 0.1) is 0 Å². The van der Waals surface area contributed by atoms with E-state index in [-0.39, 0.29) is 17.4 Å². The molecule has 0 bridgehead atoms. The quantitative estimate of drug-likeness (QED) is 0.662. The number of nitrogens with zero attached hydrogens (tertiary/aromatic N) is 2. The van der Waals surface area contributed by atoms with E-state index in [1.54, 1.807) is 11.1 Å². The highest BCUT2D eigenvalue weighted by atomic mass is 16.3. The van der Waals surface area contributed by atoms with E-state index < -0.39 is 0 Å². The molecule has 4 nitrogen and oxygen atoms in total. The van der Waals surface area contributed by atoms with Gasteiger partial charge in [-0.25, -0.2) is 4.98 Å². The smallest absolute Gasteiger partial charge is 0.128 e. The Bertz CT molecular complexity index is 823. The Hall–Kier alpha value is -1.65. The van der Waals surface area contributed by atoms with Gasteiger partial charge in [-0.3, -0.25) is 0 Å². The number of anilines is 1. The fourth-order valence-electron chi connectivity index (χ4n) is 5.44. The lowest BCUT2D eigenvalue weighted by molar-refractivity contribution is 0.256. The summed E-state index contributed by atoms with van der Waals surface area (Å²) in [6, 6.07) is 7.04. The molecule has 4 rings (SSSR count). The molecule has 0 spiro atoms. The number of rotatable bonds is 6. The standard InChI is InChI=1S/C26H39N3O/c1-25(2)12-13-26(3,4)22-17-19(9-10-21(22)25)23-7-5-8-24(28-23)29-15-11-20(18-29)27-14-6-16-30/h5,7-10,19-20,27,30H,6,11-18H2,1-4H3. The molecule has 1 aromatic heterocycles. The third-order valence-corrected chi connectivity index (χ3v) is 7.58. The Morgan fingerprint density at radius 3 is 2.77 bits per heavy atom. The van der Waals surface area contributed by atoms with Crippen molar-refractivity contribution in [3.8, 4) is 0 Å². The van der Waals surface area contributed by atoms with Crippen molar-refractivity contribution in [2.45, 2.75) is 71.8 Å². The largest absolute Gasteiger partial charge is 0.396 e. The zero-order valence-electron chi connectivity index (χ0n) is 19.2. The Kier molecular flexibility index (Phi) is 6.09. The van der Waals surface area contributed by atoms with Crippen LogP contribution in [0.5, 0.6) is 0 Å². The monoisotopic (exact) mass is 409 g/mol. The van der Waals surface area contributed by atoms with E-state index in [1.165, 1.54) is 18.5 Å². The summed E-state index contributed by atoms with van der Waals surface area (Å²) in [6.45, 7) is 12.8. The van der Waals surface area contributed by atoms with Gasteiger partial charge in [-0.05, 0) is 67.2 Å². The number of allylic oxidation sites excluding steroid dienone is 4. The van der Waals surface area contributed by atoms with Crippen LogP contribution >= 0.6 is 0 Å². The van der Waals surface area contributed by atoms with E-state index in [0.717, 1.165) is 44.7 Å². The zero-order valence-corrected chi connectivity index (χ0v) is 19.2. The molecule has 3 aliphatic rings. The maximum Gasteiger partial charge on any atom is 0.128 e. The second-order valence-electron chi connectivity index (χ2n) is 10.7. The second-order valence-corrected chi connectivity index (χ2v) is 10.7. The Morgan fingerprint density at radius 2 is 1.97 bits per heavy atom. The number of hydrogen-bond donors (Lipinski definition) is 2. The van der Waals surface area contributed by atoms with Crippen LogP contribution in [0.25, 0.3) is 0 Å². The van der Waals surface area contributed by atoms with Crippen molar-refractivity contribution in [2.75, 3.05) is 31.1 Å². The maximum atomic E-state index is 8.99. The second kappa shape index (κ2) is 8.47. The highest BCUT2D eigenvalue weighted by Gasteiger charge is 2.40. The van der Waals surface area contributed by atoms with Gasteiger partial charge in [0.15, 0.2) is 0 Å². The Balaban J connectivity index is 1.48. The molecule has 0 radical (unpaired) electrons. The van der Waals surface area contributed by atoms with E-state index in [0.29, 0.717) is 12.0 Å². The van der Waals surface area contributed by atoms with Gasteiger partial charge in [0.2, 0.25) is 0 Å². The topological polar surface area (TPSA) is 48.4 Å². The molecule has 2 aliphatic carbocycles. The maximum absolute atomic E-state index is 8.99. The van der Waals surface area contributed by atoms with Gasteiger partial charge in [-0.2, -0.15) is 0 Å². The van der Waals surface area contributed by atoms with Crippen molar-refractivity contribution < 1.29 is 5.11 Å². The van der Waals surface area contributed by atoms with Gasteiger partial charge < -0.3 is 15.3 Å². The van der Waals surface area contributed by atoms with Crippen molar-refractivity contribution in [1.29, 1.82) is 0 Å². The minimum atomic E-state index is 0.258. The normalized spacial score (nSPS) is 27.4. The first-order valence-corrected chi connectivity index (χ1v) is 11.8. The molecular weight excluding hydrogens is 370 g/mol. The van der Waals surface area contributed by atoms with Crippen LogP contribution in [0.2, 0.25) is 0 Å². The molecule has 0 aromatic carbocycles. The molecule has 2 N–H and O–H groups in total. The average molecular weight is 410 g/mol. The minimum absolute atomic E-state index is 0.258. The van der Waals surface area contributed by atoms with Crippen LogP contribution in [0.4, 0.5) is 5.82 Å². The van der Waals surface area contributed by atoms with Gasteiger partial charge in [-0.15, -0.1) is 0 Å². The molecule has 2 unspecified atom stereocenters. The molecule has 2 atom stereocenters. The highest BCUT2D eigenvalue weighted by Crippen LogP contribution is 2.53. The number of hydrogen-bond acceptors (Lipinski definition) is 4. The highest BCUT2D eigenvalue weighted by molar-refractivity contribution is 5.46. The lowest BCUT2D eigenvalue weighted by Crippen LogP contribution is -2.33. The van der Waals surface area contributed by atoms with Crippen molar-refractivity contribution in [3.63, 3.8) is 0 Å². The van der Waals surface area contributed by atoms with E-state index in [9.17, 15) is 0 Å². The summed E-state index contributed by atoms with van der Waals surface area (Å²) in [5.74, 6) is 1.48. The van der Waals surface area contributed by atoms with Crippen LogP contribution in [0.15, 0.2) is 41.5 Å². The molecule has 1 saturated heterocycles. The molecule has 0 amide bonds. The average Bonchev–Trinajstić information content (AvgIpc) is 3.21. The molecule has 1 aromatic rings. The van der Waals surface area contributed by atoms with Crippen LogP contribution in [0.1, 0.15) is 71.4 Å². The molecular formula is C26H39N3O. The third-order valence-electron chi connectivity index (χ3n) is 7.58. The summed E-state index contributed by atoms with van der Waals surface area (Å²) in [4.78, 5) is 7.52. The lowest BCUT2D eigenvalue weighted by atomic mass is 9.60. The fourth-order valence-corrected chi connectivity index (χ4v) is 5.44. The Labute approximate surface area is 182 Å². The summed E-state index contributed by atoms with van der Waals surface area (Å²) in [5.41, 5.74) is 4.99. The molecule has 30 heavy (non-hydrogen) atoms. The van der Waals surface area contributed by atoms with Crippen LogP contribution < -0.4 is 10.2 Å². The van der Waals surface area contributed by atoms with E-state index >= 15 is 0 Å². The van der Waals surface area contributed by atoms with Crippen LogP contribution in [-0.4, -0.2) is 42.4 Å². The molecule has 164 valence electrons. The zero-order chi connectivity index (χ0) is 21.4. The number of aliphatic hydroxyl groups is 1. The summed E-state index contributed by atoms with van der Waals surface area (Å²) in [6.07, 6.45) is 10.4. The predicted octanol–water partition coefficient (Wildman–Crippen LogP) is 4.82. The van der Waals surface area contributed by atoms with Gasteiger partial charge in [0.1, 0.15) is 5.82 Å². The molecule has 2 heterocycles. The van der Waals surface area contributed by atoms with Crippen LogP contribution in [-0.2, 0) is 0 Å². The number of aliphatic hydroxyl groups excluding tert-OH is 1. The van der Waals surface area contributed by atoms with E-state index in [4.69, 9.17) is 10.1 Å². The van der Waals surface area contributed by atoms with E-state index in [2.05, 4.69) is 68.3 Å². The van der Waals surface area contributed by atoms with Gasteiger partial charge in [-0.1, -0.05) is 51.5 Å². The van der Waals surface area contributed by atoms with Crippen molar-refractivity contribution in [3.05, 3.63) is 47.2 Å². The lowest BCUT2D eigenvalue weighted by Gasteiger charge is -2.45. The van der Waals surface area contributed by atoms with Crippen LogP contribution in [0.3, 0.4) is 0 Å². The van der Waals surface area contributed by atoms with Crippen molar-refractivity contribution >= 4 is 5.82 Å². The third kappa shape index (κ3) is 4.36. The minimum Gasteiger partial charge on any atom is -0.396 e. The Morgan fingerprint density at radius 1 is 1.17 bits per heavy atom. The first-order chi connectivity index (χ1) is 14.3. The summed E-state index contributed by atoms with van der Waals surface area (Å²) >= 11 is 0. The molecule has 0 saturated carbocycles. The fraction of sp³-hybridized carbons (Fsp3) is 0.654. The molecule has 1 fully saturated rings. The summed E-state index contributed by atoms with van der Waals surface area (Å²) < 4.78 is 0. The first kappa shape index (κ1) is 21.6. The van der Waals surface area contributed by atoms with Gasteiger partial charge >= 0.3 is 0 Å². The first-order valence-electron chi connectivity index (χ1n) is 11.8. The summed E-state index contributed by atoms with van der Waals surface area (Å²) in [7, 11) is 0.